The van der Waals surface area contributed by atoms with Crippen LogP contribution < -0.4 is 5.73 Å². The van der Waals surface area contributed by atoms with Crippen LogP contribution in [-0.4, -0.2) is 18.2 Å². The predicted molar refractivity (Wildman–Crippen MR) is 35.1 cm³/mol. The number of nitrogens with two attached hydrogens (primary N) is 1. The largest absolute Gasteiger partial charge is 0.375 e. The van der Waals surface area contributed by atoms with E-state index in [-0.39, 0.29) is 0 Å². The van der Waals surface area contributed by atoms with Crippen LogP contribution in [0.25, 0.3) is 0 Å². The Morgan fingerprint density at radius 3 is 2.22 bits per heavy atom. The molecule has 0 aromatic heterocycles. The van der Waals surface area contributed by atoms with Crippen LogP contribution >= 0.6 is 0 Å². The van der Waals surface area contributed by atoms with Gasteiger partial charge in [0.05, 0.1) is 12.2 Å². The van der Waals surface area contributed by atoms with E-state index in [1.54, 1.807) is 0 Å². The van der Waals surface area contributed by atoms with Gasteiger partial charge in [0.25, 0.3) is 0 Å². The van der Waals surface area contributed by atoms with Gasteiger partial charge in [0.2, 0.25) is 0 Å². The highest BCUT2D eigenvalue weighted by atomic mass is 16.5. The van der Waals surface area contributed by atoms with Crippen molar-refractivity contribution in [1.29, 1.82) is 0 Å². The van der Waals surface area contributed by atoms with Crippen molar-refractivity contribution < 1.29 is 4.74 Å². The zero-order valence-corrected chi connectivity index (χ0v) is 5.55. The van der Waals surface area contributed by atoms with Gasteiger partial charge >= 0.3 is 0 Å². The molecule has 1 unspecified atom stereocenters. The van der Waals surface area contributed by atoms with Crippen molar-refractivity contribution in [2.45, 2.75) is 43.9 Å². The Morgan fingerprint density at radius 2 is 1.67 bits per heavy atom. The molecule has 0 radical (unpaired) electrons. The molecule has 0 aromatic rings. The molecule has 2 bridgehead atoms. The lowest BCUT2D eigenvalue weighted by atomic mass is 10.1. The van der Waals surface area contributed by atoms with Crippen molar-refractivity contribution in [2.75, 3.05) is 0 Å². The van der Waals surface area contributed by atoms with Crippen molar-refractivity contribution in [3.8, 4) is 0 Å². The predicted octanol–water partition coefficient (Wildman–Crippen LogP) is 0.655. The maximum Gasteiger partial charge on any atom is 0.0594 e. The summed E-state index contributed by atoms with van der Waals surface area (Å²) in [6.45, 7) is 0. The van der Waals surface area contributed by atoms with Crippen molar-refractivity contribution in [1.82, 2.24) is 0 Å². The van der Waals surface area contributed by atoms with Crippen LogP contribution in [0.1, 0.15) is 25.7 Å². The summed E-state index contributed by atoms with van der Waals surface area (Å²) in [6.07, 6.45) is 5.71. The van der Waals surface area contributed by atoms with Crippen LogP contribution in [0, 0.1) is 0 Å². The normalized spacial score (nSPS) is 49.7. The summed E-state index contributed by atoms with van der Waals surface area (Å²) < 4.78 is 5.59. The summed E-state index contributed by atoms with van der Waals surface area (Å²) >= 11 is 0. The van der Waals surface area contributed by atoms with E-state index < -0.39 is 0 Å². The lowest BCUT2D eigenvalue weighted by Crippen LogP contribution is -2.34. The smallest absolute Gasteiger partial charge is 0.0594 e. The van der Waals surface area contributed by atoms with E-state index in [4.69, 9.17) is 10.5 Å². The number of hydrogen-bond donors (Lipinski definition) is 1. The molecule has 2 aliphatic rings. The van der Waals surface area contributed by atoms with Gasteiger partial charge in [-0.15, -0.1) is 0 Å². The summed E-state index contributed by atoms with van der Waals surface area (Å²) in [5, 5.41) is 0. The first-order chi connectivity index (χ1) is 4.34. The monoisotopic (exact) mass is 127 g/mol. The Hall–Kier alpha value is -0.0800. The van der Waals surface area contributed by atoms with Crippen LogP contribution in [0.3, 0.4) is 0 Å². The molecule has 0 saturated carbocycles. The van der Waals surface area contributed by atoms with Crippen LogP contribution in [-0.2, 0) is 4.74 Å². The highest BCUT2D eigenvalue weighted by Gasteiger charge is 2.32. The highest BCUT2D eigenvalue weighted by Crippen LogP contribution is 2.31. The fraction of sp³-hybridized carbons (Fsp3) is 1.00. The van der Waals surface area contributed by atoms with E-state index in [1.807, 2.05) is 0 Å². The van der Waals surface area contributed by atoms with E-state index in [2.05, 4.69) is 0 Å². The first-order valence-electron chi connectivity index (χ1n) is 3.75. The van der Waals surface area contributed by atoms with Crippen LogP contribution in [0.4, 0.5) is 0 Å². The number of ether oxygens (including phenoxy) is 1. The van der Waals surface area contributed by atoms with Gasteiger partial charge in [-0.3, -0.25) is 0 Å². The second-order valence-corrected chi connectivity index (χ2v) is 3.19. The van der Waals surface area contributed by atoms with Gasteiger partial charge in [0.15, 0.2) is 0 Å². The van der Waals surface area contributed by atoms with E-state index in [0.717, 1.165) is 12.8 Å². The lowest BCUT2D eigenvalue weighted by Gasteiger charge is -2.24. The minimum absolute atomic E-state index is 0.427. The third-order valence-electron chi connectivity index (χ3n) is 2.33. The summed E-state index contributed by atoms with van der Waals surface area (Å²) in [6, 6.07) is 0.427. The highest BCUT2D eigenvalue weighted by molar-refractivity contribution is 4.85. The minimum Gasteiger partial charge on any atom is -0.375 e. The Balaban J connectivity index is 2.03. The van der Waals surface area contributed by atoms with Gasteiger partial charge in [0, 0.05) is 6.04 Å². The van der Waals surface area contributed by atoms with Crippen LogP contribution in [0.5, 0.6) is 0 Å². The topological polar surface area (TPSA) is 35.2 Å². The zero-order chi connectivity index (χ0) is 6.27. The molecule has 2 nitrogen and oxygen atoms in total. The fourth-order valence-corrected chi connectivity index (χ4v) is 1.90. The summed E-state index contributed by atoms with van der Waals surface area (Å²) in [5.41, 5.74) is 5.78. The van der Waals surface area contributed by atoms with E-state index in [0.29, 0.717) is 18.2 Å². The van der Waals surface area contributed by atoms with Gasteiger partial charge in [0.1, 0.15) is 0 Å². The second kappa shape index (κ2) is 1.96. The van der Waals surface area contributed by atoms with Crippen LogP contribution in [0.15, 0.2) is 0 Å². The van der Waals surface area contributed by atoms with Crippen molar-refractivity contribution in [3.63, 3.8) is 0 Å². The summed E-state index contributed by atoms with van der Waals surface area (Å²) in [5.74, 6) is 0. The Labute approximate surface area is 55.4 Å². The summed E-state index contributed by atoms with van der Waals surface area (Å²) in [7, 11) is 0. The SMILES string of the molecule is NC1C[C@H]2CC[C@@H](C1)O2. The standard InChI is InChI=1S/C7H13NO/c8-5-3-6-1-2-7(4-5)9-6/h5-7H,1-4,8H2/t5?,6-,7+. The average molecular weight is 127 g/mol. The molecule has 2 N–H and O–H groups in total. The molecule has 52 valence electrons. The number of rotatable bonds is 0. The number of fused-ring (bicyclic) bond motifs is 2. The van der Waals surface area contributed by atoms with Gasteiger partial charge in [-0.2, -0.15) is 0 Å². The number of hydrogen-bond acceptors (Lipinski definition) is 2. The van der Waals surface area contributed by atoms with E-state index in [1.165, 1.54) is 12.8 Å². The molecule has 2 heterocycles. The molecule has 2 heteroatoms. The fourth-order valence-electron chi connectivity index (χ4n) is 1.90. The van der Waals surface area contributed by atoms with Gasteiger partial charge in [-0.25, -0.2) is 0 Å². The first kappa shape index (κ1) is 5.69. The van der Waals surface area contributed by atoms with E-state index in [9.17, 15) is 0 Å². The molecule has 3 atom stereocenters. The van der Waals surface area contributed by atoms with Crippen molar-refractivity contribution in [2.24, 2.45) is 5.73 Å². The maximum atomic E-state index is 5.78. The molecule has 9 heavy (non-hydrogen) atoms. The Morgan fingerprint density at radius 1 is 1.11 bits per heavy atom. The molecule has 0 aliphatic carbocycles. The quantitative estimate of drug-likeness (QED) is 0.518. The molecule has 2 rings (SSSR count). The molecular formula is C7H13NO. The third-order valence-corrected chi connectivity index (χ3v) is 2.33. The van der Waals surface area contributed by atoms with Crippen molar-refractivity contribution >= 4 is 0 Å². The second-order valence-electron chi connectivity index (χ2n) is 3.19. The molecule has 2 aliphatic heterocycles. The third kappa shape index (κ3) is 0.970. The van der Waals surface area contributed by atoms with Gasteiger partial charge in [-0.05, 0) is 25.7 Å². The van der Waals surface area contributed by atoms with Gasteiger partial charge < -0.3 is 10.5 Å². The molecule has 0 spiro atoms. The van der Waals surface area contributed by atoms with Crippen LogP contribution in [0.2, 0.25) is 0 Å². The van der Waals surface area contributed by atoms with Crippen molar-refractivity contribution in [3.05, 3.63) is 0 Å². The summed E-state index contributed by atoms with van der Waals surface area (Å²) in [4.78, 5) is 0. The van der Waals surface area contributed by atoms with E-state index >= 15 is 0 Å². The molecule has 2 fully saturated rings. The zero-order valence-electron chi connectivity index (χ0n) is 5.55. The molecule has 0 amide bonds. The molecular weight excluding hydrogens is 114 g/mol. The Bertz CT molecular complexity index is 103. The first-order valence-corrected chi connectivity index (χ1v) is 3.75. The minimum atomic E-state index is 0.427. The maximum absolute atomic E-state index is 5.78. The Kier molecular flexibility index (Phi) is 1.24. The molecule has 2 saturated heterocycles. The average Bonchev–Trinajstić information content (AvgIpc) is 2.11. The molecule has 0 aromatic carbocycles. The lowest BCUT2D eigenvalue weighted by molar-refractivity contribution is -0.00236. The van der Waals surface area contributed by atoms with Gasteiger partial charge in [-0.1, -0.05) is 0 Å².